The van der Waals surface area contributed by atoms with Crippen LogP contribution in [0.25, 0.3) is 0 Å². The van der Waals surface area contributed by atoms with Crippen molar-refractivity contribution in [2.24, 2.45) is 23.7 Å². The number of carbonyl (C=O) groups excluding carboxylic acids is 2. The summed E-state index contributed by atoms with van der Waals surface area (Å²) < 4.78 is 11.4. The van der Waals surface area contributed by atoms with Gasteiger partial charge in [-0.25, -0.2) is 5.06 Å². The molecule has 1 unspecified atom stereocenters. The summed E-state index contributed by atoms with van der Waals surface area (Å²) in [4.78, 5) is 32.5. The minimum absolute atomic E-state index is 0.00547. The number of hydrogen-bond donors (Lipinski definition) is 0. The van der Waals surface area contributed by atoms with E-state index >= 15 is 0 Å². The van der Waals surface area contributed by atoms with Crippen LogP contribution in [0.2, 0.25) is 0 Å². The van der Waals surface area contributed by atoms with Crippen molar-refractivity contribution < 1.29 is 23.9 Å². The first-order valence-electron chi connectivity index (χ1n) is 9.18. The number of nitrogens with zero attached hydrogens (tertiary/aromatic N) is 2. The third kappa shape index (κ3) is 2.36. The highest BCUT2D eigenvalue weighted by Gasteiger charge is 2.59. The van der Waals surface area contributed by atoms with Gasteiger partial charge in [-0.3, -0.25) is 14.4 Å². The first-order valence-corrected chi connectivity index (χ1v) is 9.18. The van der Waals surface area contributed by atoms with E-state index in [1.54, 1.807) is 0 Å². The van der Waals surface area contributed by atoms with Crippen LogP contribution in [0.3, 0.4) is 0 Å². The van der Waals surface area contributed by atoms with E-state index in [1.807, 2.05) is 4.90 Å². The number of carbonyl (C=O) groups is 2. The zero-order valence-corrected chi connectivity index (χ0v) is 13.8. The number of piperidine rings is 1. The van der Waals surface area contributed by atoms with Gasteiger partial charge in [0.25, 0.3) is 5.91 Å². The molecule has 132 valence electrons. The number of fused-ring (bicyclic) bond motifs is 2. The second kappa shape index (κ2) is 5.68. The van der Waals surface area contributed by atoms with Crippen LogP contribution in [0.15, 0.2) is 0 Å². The lowest BCUT2D eigenvalue weighted by Crippen LogP contribution is -2.46. The van der Waals surface area contributed by atoms with E-state index < -0.39 is 6.10 Å². The maximum atomic E-state index is 12.7. The molecular formula is C17H24N2O5. The predicted molar refractivity (Wildman–Crippen MR) is 81.5 cm³/mol. The Kier molecular flexibility index (Phi) is 3.57. The van der Waals surface area contributed by atoms with Gasteiger partial charge in [0.1, 0.15) is 6.10 Å². The van der Waals surface area contributed by atoms with E-state index in [0.29, 0.717) is 37.5 Å². The fourth-order valence-corrected chi connectivity index (χ4v) is 4.89. The molecule has 6 atom stereocenters. The lowest BCUT2D eigenvalue weighted by Gasteiger charge is -2.34. The minimum atomic E-state index is -0.401. The summed E-state index contributed by atoms with van der Waals surface area (Å²) in [5, 5.41) is 1.45. The summed E-state index contributed by atoms with van der Waals surface area (Å²) in [5.74, 6) is 1.67. The standard InChI is InChI=1S/C17H24N2O5/c20-16(19-3-1-5-23-19)13-6-10-2-4-18(7-14(10)24-13)17(21)15-11-8-22-9-12(11)15/h10-15H,1-9H2/t10-,11-,12+,13+,14+,15?/m0/s1. The smallest absolute Gasteiger partial charge is 0.275 e. The van der Waals surface area contributed by atoms with Crippen molar-refractivity contribution in [1.29, 1.82) is 0 Å². The van der Waals surface area contributed by atoms with Crippen LogP contribution in [-0.4, -0.2) is 73.4 Å². The second-order valence-electron chi connectivity index (χ2n) is 7.75. The van der Waals surface area contributed by atoms with Gasteiger partial charge >= 0.3 is 0 Å². The number of hydroxylamine groups is 2. The van der Waals surface area contributed by atoms with E-state index in [1.165, 1.54) is 5.06 Å². The highest BCUT2D eigenvalue weighted by Crippen LogP contribution is 2.52. The third-order valence-corrected chi connectivity index (χ3v) is 6.37. The summed E-state index contributed by atoms with van der Waals surface area (Å²) in [6.07, 6.45) is 2.17. The average Bonchev–Trinajstić information content (AvgIpc) is 3.13. The number of ether oxygens (including phenoxy) is 2. The Morgan fingerprint density at radius 2 is 1.88 bits per heavy atom. The second-order valence-corrected chi connectivity index (χ2v) is 7.75. The molecule has 4 aliphatic heterocycles. The van der Waals surface area contributed by atoms with Gasteiger partial charge in [-0.1, -0.05) is 0 Å². The van der Waals surface area contributed by atoms with Gasteiger partial charge in [0.05, 0.1) is 32.5 Å². The highest BCUT2D eigenvalue weighted by molar-refractivity contribution is 5.83. The minimum Gasteiger partial charge on any atom is -0.381 e. The van der Waals surface area contributed by atoms with Crippen LogP contribution in [0.4, 0.5) is 0 Å². The molecule has 0 N–H and O–H groups in total. The molecule has 4 saturated heterocycles. The van der Waals surface area contributed by atoms with Crippen molar-refractivity contribution >= 4 is 11.8 Å². The Balaban J connectivity index is 1.19. The van der Waals surface area contributed by atoms with E-state index in [4.69, 9.17) is 14.3 Å². The van der Waals surface area contributed by atoms with Gasteiger partial charge < -0.3 is 14.4 Å². The Morgan fingerprint density at radius 1 is 1.04 bits per heavy atom. The first kappa shape index (κ1) is 15.1. The fraction of sp³-hybridized carbons (Fsp3) is 0.882. The molecule has 5 aliphatic rings. The van der Waals surface area contributed by atoms with Crippen molar-refractivity contribution in [1.82, 2.24) is 9.96 Å². The maximum absolute atomic E-state index is 12.7. The average molecular weight is 336 g/mol. The van der Waals surface area contributed by atoms with Gasteiger partial charge in [0.2, 0.25) is 5.91 Å². The number of hydrogen-bond acceptors (Lipinski definition) is 5. The quantitative estimate of drug-likeness (QED) is 0.713. The van der Waals surface area contributed by atoms with Gasteiger partial charge in [-0.2, -0.15) is 0 Å². The summed E-state index contributed by atoms with van der Waals surface area (Å²) >= 11 is 0. The molecule has 7 nitrogen and oxygen atoms in total. The summed E-state index contributed by atoms with van der Waals surface area (Å²) in [6.45, 7) is 4.17. The van der Waals surface area contributed by atoms with Crippen LogP contribution in [0.5, 0.6) is 0 Å². The van der Waals surface area contributed by atoms with Gasteiger partial charge in [-0.15, -0.1) is 0 Å². The Hall–Kier alpha value is -1.18. The van der Waals surface area contributed by atoms with Crippen molar-refractivity contribution in [3.8, 4) is 0 Å². The molecule has 0 aromatic heterocycles. The van der Waals surface area contributed by atoms with E-state index in [9.17, 15) is 9.59 Å². The Labute approximate surface area is 141 Å². The lowest BCUT2D eigenvalue weighted by molar-refractivity contribution is -0.180. The van der Waals surface area contributed by atoms with Gasteiger partial charge in [0.15, 0.2) is 0 Å². The maximum Gasteiger partial charge on any atom is 0.275 e. The van der Waals surface area contributed by atoms with Crippen LogP contribution in [-0.2, 0) is 23.9 Å². The number of amides is 2. The zero-order valence-electron chi connectivity index (χ0n) is 13.8. The number of likely N-dealkylation sites (tertiary alicyclic amines) is 1. The molecule has 4 heterocycles. The van der Waals surface area contributed by atoms with Crippen molar-refractivity contribution in [3.63, 3.8) is 0 Å². The van der Waals surface area contributed by atoms with Crippen LogP contribution < -0.4 is 0 Å². The summed E-state index contributed by atoms with van der Waals surface area (Å²) in [6, 6.07) is 0. The molecule has 0 aromatic rings. The molecule has 0 bridgehead atoms. The fourth-order valence-electron chi connectivity index (χ4n) is 4.89. The molecular weight excluding hydrogens is 312 g/mol. The summed E-state index contributed by atoms with van der Waals surface area (Å²) in [7, 11) is 0. The first-order chi connectivity index (χ1) is 11.7. The molecule has 7 heteroatoms. The Morgan fingerprint density at radius 3 is 2.62 bits per heavy atom. The van der Waals surface area contributed by atoms with Crippen LogP contribution in [0.1, 0.15) is 19.3 Å². The monoisotopic (exact) mass is 336 g/mol. The van der Waals surface area contributed by atoms with Crippen LogP contribution >= 0.6 is 0 Å². The van der Waals surface area contributed by atoms with Gasteiger partial charge in [0, 0.05) is 19.0 Å². The number of rotatable bonds is 2. The SMILES string of the molecule is O=C(C1[C@H]2COC[C@@H]12)N1CC[C@H]2C[C@H](C(=O)N3CCCO3)O[C@@H]2C1. The largest absolute Gasteiger partial charge is 0.381 e. The van der Waals surface area contributed by atoms with Crippen molar-refractivity contribution in [2.75, 3.05) is 39.5 Å². The van der Waals surface area contributed by atoms with Gasteiger partial charge in [-0.05, 0) is 37.0 Å². The third-order valence-electron chi connectivity index (χ3n) is 6.37. The molecule has 2 amide bonds. The molecule has 5 rings (SSSR count). The molecule has 1 saturated carbocycles. The van der Waals surface area contributed by atoms with E-state index in [2.05, 4.69) is 0 Å². The molecule has 0 spiro atoms. The molecule has 0 aromatic carbocycles. The zero-order chi connectivity index (χ0) is 16.3. The predicted octanol–water partition coefficient (Wildman–Crippen LogP) is 0.0487. The normalized spacial score (nSPS) is 43.7. The summed E-state index contributed by atoms with van der Waals surface area (Å²) in [5.41, 5.74) is 0. The van der Waals surface area contributed by atoms with Crippen LogP contribution in [0, 0.1) is 23.7 Å². The van der Waals surface area contributed by atoms with Crippen molar-refractivity contribution in [2.45, 2.75) is 31.5 Å². The topological polar surface area (TPSA) is 68.3 Å². The molecule has 24 heavy (non-hydrogen) atoms. The Bertz CT molecular complexity index is 539. The van der Waals surface area contributed by atoms with E-state index in [-0.39, 0.29) is 23.8 Å². The van der Waals surface area contributed by atoms with E-state index in [0.717, 1.165) is 39.0 Å². The highest BCUT2D eigenvalue weighted by atomic mass is 16.7. The molecule has 1 aliphatic carbocycles. The van der Waals surface area contributed by atoms with Crippen molar-refractivity contribution in [3.05, 3.63) is 0 Å². The lowest BCUT2D eigenvalue weighted by atomic mass is 9.91. The molecule has 5 fully saturated rings. The molecule has 0 radical (unpaired) electrons.